The van der Waals surface area contributed by atoms with Gasteiger partial charge in [-0.25, -0.2) is 13.6 Å². The number of hydrogen-bond acceptors (Lipinski definition) is 4. The number of piperidine rings is 1. The maximum atomic E-state index is 13.4. The van der Waals surface area contributed by atoms with Gasteiger partial charge in [0, 0.05) is 37.1 Å². The molecule has 0 aromatic heterocycles. The van der Waals surface area contributed by atoms with E-state index in [1.165, 1.54) is 4.90 Å². The van der Waals surface area contributed by atoms with Crippen molar-refractivity contribution in [1.82, 2.24) is 0 Å². The Morgan fingerprint density at radius 3 is 2.71 bits per heavy atom. The molecule has 2 fully saturated rings. The van der Waals surface area contributed by atoms with E-state index >= 15 is 0 Å². The predicted molar refractivity (Wildman–Crippen MR) is 68.8 cm³/mol. The molecule has 1 heterocycles. The van der Waals surface area contributed by atoms with Crippen molar-refractivity contribution in [2.24, 2.45) is 11.8 Å². The molecule has 1 saturated carbocycles. The lowest BCUT2D eigenvalue weighted by Crippen LogP contribution is -2.32. The van der Waals surface area contributed by atoms with Crippen LogP contribution in [0.1, 0.15) is 16.8 Å². The smallest absolute Gasteiger partial charge is 0.337 e. The molecule has 112 valence electrons. The molecule has 6 nitrogen and oxygen atoms in total. The van der Waals surface area contributed by atoms with Gasteiger partial charge in [-0.15, -0.1) is 0 Å². The van der Waals surface area contributed by atoms with Crippen LogP contribution in [0.25, 0.3) is 0 Å². The molecule has 1 saturated heterocycles. The Morgan fingerprint density at radius 1 is 1.43 bits per heavy atom. The minimum Gasteiger partial charge on any atom is -0.478 e. The number of non-ortho nitro benzene ring substituents is 1. The van der Waals surface area contributed by atoms with E-state index in [2.05, 4.69) is 0 Å². The molecule has 2 aliphatic rings. The summed E-state index contributed by atoms with van der Waals surface area (Å²) in [5.41, 5.74) is -0.222. The van der Waals surface area contributed by atoms with Crippen molar-refractivity contribution in [3.8, 4) is 0 Å². The normalized spacial score (nSPS) is 26.1. The molecule has 21 heavy (non-hydrogen) atoms. The zero-order valence-electron chi connectivity index (χ0n) is 10.8. The van der Waals surface area contributed by atoms with Crippen molar-refractivity contribution in [2.75, 3.05) is 18.0 Å². The number of nitro groups is 1. The number of fused-ring (bicyclic) bond motifs is 1. The van der Waals surface area contributed by atoms with E-state index < -0.39 is 28.7 Å². The largest absolute Gasteiger partial charge is 0.478 e. The summed E-state index contributed by atoms with van der Waals surface area (Å²) in [5.74, 6) is -5.35. The summed E-state index contributed by atoms with van der Waals surface area (Å²) in [6.45, 7) is 0.303. The fourth-order valence-corrected chi connectivity index (χ4v) is 3.02. The van der Waals surface area contributed by atoms with E-state index in [1.54, 1.807) is 0 Å². The van der Waals surface area contributed by atoms with E-state index in [0.717, 1.165) is 18.2 Å². The van der Waals surface area contributed by atoms with Crippen LogP contribution < -0.4 is 4.90 Å². The molecule has 0 amide bonds. The first-order valence-corrected chi connectivity index (χ1v) is 6.47. The van der Waals surface area contributed by atoms with Crippen molar-refractivity contribution >= 4 is 17.3 Å². The van der Waals surface area contributed by atoms with Gasteiger partial charge in [0.15, 0.2) is 0 Å². The maximum absolute atomic E-state index is 13.4. The number of carboxylic acid groups (broad SMARTS) is 1. The number of aromatic carboxylic acids is 1. The minimum absolute atomic E-state index is 0.0269. The number of nitro benzene ring substituents is 1. The van der Waals surface area contributed by atoms with Crippen LogP contribution in [-0.4, -0.2) is 35.0 Å². The summed E-state index contributed by atoms with van der Waals surface area (Å²) < 4.78 is 26.8. The third-order valence-electron chi connectivity index (χ3n) is 4.26. The van der Waals surface area contributed by atoms with Gasteiger partial charge in [0.05, 0.1) is 16.2 Å². The standard InChI is InChI=1S/C13H12F2N2O4/c14-13(15)9-3-4-16(6-10(9)13)11-5-7(17(20)21)1-2-8(11)12(18)19/h1-2,5,9-10H,3-4,6H2,(H,18,19). The fraction of sp³-hybridized carbons (Fsp3) is 0.462. The van der Waals surface area contributed by atoms with Gasteiger partial charge >= 0.3 is 5.97 Å². The Kier molecular flexibility index (Phi) is 2.86. The summed E-state index contributed by atoms with van der Waals surface area (Å²) in [6, 6.07) is 3.39. The Morgan fingerprint density at radius 2 is 2.14 bits per heavy atom. The number of anilines is 1. The van der Waals surface area contributed by atoms with E-state index in [9.17, 15) is 23.7 Å². The SMILES string of the molecule is O=C(O)c1ccc([N+](=O)[O-])cc1N1CCC2C(C1)C2(F)F. The number of halogens is 2. The average Bonchev–Trinajstić information content (AvgIpc) is 2.99. The van der Waals surface area contributed by atoms with Gasteiger partial charge in [0.1, 0.15) is 0 Å². The molecule has 0 spiro atoms. The van der Waals surface area contributed by atoms with E-state index in [-0.39, 0.29) is 36.4 Å². The second-order valence-corrected chi connectivity index (χ2v) is 5.39. The van der Waals surface area contributed by atoms with Crippen LogP contribution in [0.5, 0.6) is 0 Å². The maximum Gasteiger partial charge on any atom is 0.337 e. The Hall–Kier alpha value is -2.25. The van der Waals surface area contributed by atoms with Crippen LogP contribution in [0, 0.1) is 22.0 Å². The van der Waals surface area contributed by atoms with Crippen LogP contribution >= 0.6 is 0 Å². The van der Waals surface area contributed by atoms with Crippen molar-refractivity contribution < 1.29 is 23.6 Å². The van der Waals surface area contributed by atoms with Crippen molar-refractivity contribution in [3.63, 3.8) is 0 Å². The first-order chi connectivity index (χ1) is 9.82. The third-order valence-corrected chi connectivity index (χ3v) is 4.26. The summed E-state index contributed by atoms with van der Waals surface area (Å²) in [5, 5.41) is 20.0. The first kappa shape index (κ1) is 13.7. The number of alkyl halides is 2. The molecule has 3 rings (SSSR count). The Labute approximate surface area is 118 Å². The van der Waals surface area contributed by atoms with Crippen LogP contribution in [-0.2, 0) is 0 Å². The Bertz CT molecular complexity index is 635. The number of nitrogens with zero attached hydrogens (tertiary/aromatic N) is 2. The summed E-state index contributed by atoms with van der Waals surface area (Å²) in [7, 11) is 0. The number of rotatable bonds is 3. The number of carboxylic acids is 1. The predicted octanol–water partition coefficient (Wildman–Crippen LogP) is 2.38. The molecule has 0 bridgehead atoms. The molecule has 1 aliphatic carbocycles. The highest BCUT2D eigenvalue weighted by molar-refractivity contribution is 5.95. The highest BCUT2D eigenvalue weighted by Crippen LogP contribution is 2.59. The molecule has 2 atom stereocenters. The summed E-state index contributed by atoms with van der Waals surface area (Å²) in [6.07, 6.45) is 0.263. The van der Waals surface area contributed by atoms with Crippen LogP contribution in [0.2, 0.25) is 0 Å². The molecule has 1 N–H and O–H groups in total. The number of hydrogen-bond donors (Lipinski definition) is 1. The van der Waals surface area contributed by atoms with Crippen molar-refractivity contribution in [3.05, 3.63) is 33.9 Å². The zero-order chi connectivity index (χ0) is 15.4. The van der Waals surface area contributed by atoms with Crippen LogP contribution in [0.15, 0.2) is 18.2 Å². The van der Waals surface area contributed by atoms with Gasteiger partial charge in [0.2, 0.25) is 0 Å². The molecule has 0 radical (unpaired) electrons. The van der Waals surface area contributed by atoms with Gasteiger partial charge in [-0.05, 0) is 12.5 Å². The molecule has 8 heteroatoms. The zero-order valence-corrected chi connectivity index (χ0v) is 10.8. The van der Waals surface area contributed by atoms with Crippen LogP contribution in [0.4, 0.5) is 20.2 Å². The molecule has 2 unspecified atom stereocenters. The molecule has 1 aliphatic heterocycles. The fourth-order valence-electron chi connectivity index (χ4n) is 3.02. The first-order valence-electron chi connectivity index (χ1n) is 6.47. The van der Waals surface area contributed by atoms with Crippen molar-refractivity contribution in [2.45, 2.75) is 12.3 Å². The highest BCUT2D eigenvalue weighted by Gasteiger charge is 2.69. The topological polar surface area (TPSA) is 83.7 Å². The summed E-state index contributed by atoms with van der Waals surface area (Å²) in [4.78, 5) is 22.9. The second kappa shape index (κ2) is 4.37. The quantitative estimate of drug-likeness (QED) is 0.684. The van der Waals surface area contributed by atoms with Gasteiger partial charge < -0.3 is 10.0 Å². The summed E-state index contributed by atoms with van der Waals surface area (Å²) >= 11 is 0. The second-order valence-electron chi connectivity index (χ2n) is 5.39. The van der Waals surface area contributed by atoms with Gasteiger partial charge in [-0.3, -0.25) is 10.1 Å². The third kappa shape index (κ3) is 2.10. The lowest BCUT2D eigenvalue weighted by atomic mass is 10.1. The average molecular weight is 298 g/mol. The van der Waals surface area contributed by atoms with E-state index in [1.807, 2.05) is 0 Å². The monoisotopic (exact) mass is 298 g/mol. The number of carbonyl (C=O) groups is 1. The molecular weight excluding hydrogens is 286 g/mol. The number of benzene rings is 1. The lowest BCUT2D eigenvalue weighted by Gasteiger charge is -2.28. The van der Waals surface area contributed by atoms with Gasteiger partial charge in [-0.1, -0.05) is 0 Å². The van der Waals surface area contributed by atoms with Crippen molar-refractivity contribution in [1.29, 1.82) is 0 Å². The molecule has 1 aromatic rings. The van der Waals surface area contributed by atoms with E-state index in [4.69, 9.17) is 5.11 Å². The highest BCUT2D eigenvalue weighted by atomic mass is 19.3. The molecule has 1 aromatic carbocycles. The van der Waals surface area contributed by atoms with E-state index in [0.29, 0.717) is 0 Å². The lowest BCUT2D eigenvalue weighted by molar-refractivity contribution is -0.384. The minimum atomic E-state index is -2.70. The molecular formula is C13H12F2N2O4. The Balaban J connectivity index is 1.95. The van der Waals surface area contributed by atoms with Crippen LogP contribution in [0.3, 0.4) is 0 Å². The van der Waals surface area contributed by atoms with Gasteiger partial charge in [-0.2, -0.15) is 0 Å². The van der Waals surface area contributed by atoms with Gasteiger partial charge in [0.25, 0.3) is 11.6 Å².